The molecule has 28 heavy (non-hydrogen) atoms. The fraction of sp³-hybridized carbons (Fsp3) is 0.381. The van der Waals surface area contributed by atoms with E-state index in [1.807, 2.05) is 19.1 Å². The van der Waals surface area contributed by atoms with E-state index in [1.165, 1.54) is 5.56 Å². The number of hydrogen-bond donors (Lipinski definition) is 1. The monoisotopic (exact) mass is 466 g/mol. The highest BCUT2D eigenvalue weighted by Crippen LogP contribution is 2.24. The van der Waals surface area contributed by atoms with Crippen LogP contribution >= 0.6 is 15.9 Å². The molecule has 0 saturated carbocycles. The molecule has 0 fully saturated rings. The Morgan fingerprint density at radius 3 is 2.25 bits per heavy atom. The SMILES string of the molecule is C[C@@H](NC(=O)CN(c1cccc(Br)c1)S(C)(=O)=O)c1ccc(C(C)(C)C)cc1. The highest BCUT2D eigenvalue weighted by Gasteiger charge is 2.22. The van der Waals surface area contributed by atoms with Crippen molar-refractivity contribution in [2.45, 2.75) is 39.2 Å². The molecular formula is C21H27BrN2O3S. The number of rotatable bonds is 6. The predicted molar refractivity (Wildman–Crippen MR) is 118 cm³/mol. The van der Waals surface area contributed by atoms with Gasteiger partial charge in [0, 0.05) is 4.47 Å². The van der Waals surface area contributed by atoms with Gasteiger partial charge in [0.05, 0.1) is 18.0 Å². The summed E-state index contributed by atoms with van der Waals surface area (Å²) < 4.78 is 26.2. The fourth-order valence-corrected chi connectivity index (χ4v) is 4.04. The lowest BCUT2D eigenvalue weighted by molar-refractivity contribution is -0.120. The molecule has 2 aromatic carbocycles. The van der Waals surface area contributed by atoms with Gasteiger partial charge in [0.1, 0.15) is 6.54 Å². The maximum absolute atomic E-state index is 12.5. The Labute approximate surface area is 176 Å². The summed E-state index contributed by atoms with van der Waals surface area (Å²) in [5.74, 6) is -0.363. The van der Waals surface area contributed by atoms with Crippen LogP contribution < -0.4 is 9.62 Å². The molecule has 152 valence electrons. The number of benzene rings is 2. The molecule has 5 nitrogen and oxygen atoms in total. The third kappa shape index (κ3) is 6.07. The molecule has 0 aliphatic carbocycles. The molecule has 0 spiro atoms. The Bertz CT molecular complexity index is 935. The Hall–Kier alpha value is -1.86. The van der Waals surface area contributed by atoms with Gasteiger partial charge >= 0.3 is 0 Å². The van der Waals surface area contributed by atoms with Crippen LogP contribution in [0.1, 0.15) is 44.9 Å². The third-order valence-electron chi connectivity index (χ3n) is 4.44. The molecular weight excluding hydrogens is 440 g/mol. The number of halogens is 1. The summed E-state index contributed by atoms with van der Waals surface area (Å²) >= 11 is 3.33. The van der Waals surface area contributed by atoms with Crippen LogP contribution in [-0.4, -0.2) is 27.1 Å². The number of nitrogens with zero attached hydrogens (tertiary/aromatic N) is 1. The van der Waals surface area contributed by atoms with Gasteiger partial charge in [-0.3, -0.25) is 9.10 Å². The first-order valence-corrected chi connectivity index (χ1v) is 11.6. The minimum atomic E-state index is -3.60. The molecule has 7 heteroatoms. The summed E-state index contributed by atoms with van der Waals surface area (Å²) in [5.41, 5.74) is 2.68. The van der Waals surface area contributed by atoms with Crippen molar-refractivity contribution in [1.82, 2.24) is 5.32 Å². The lowest BCUT2D eigenvalue weighted by Crippen LogP contribution is -2.41. The van der Waals surface area contributed by atoms with E-state index in [2.05, 4.69) is 54.2 Å². The summed E-state index contributed by atoms with van der Waals surface area (Å²) in [6.07, 6.45) is 1.09. The van der Waals surface area contributed by atoms with Crippen molar-refractivity contribution in [3.63, 3.8) is 0 Å². The average Bonchev–Trinajstić information content (AvgIpc) is 2.58. The van der Waals surface area contributed by atoms with Crippen LogP contribution in [0.2, 0.25) is 0 Å². The summed E-state index contributed by atoms with van der Waals surface area (Å²) in [7, 11) is -3.60. The lowest BCUT2D eigenvalue weighted by atomic mass is 9.86. The zero-order chi connectivity index (χ0) is 21.1. The topological polar surface area (TPSA) is 66.5 Å². The molecule has 0 aromatic heterocycles. The van der Waals surface area contributed by atoms with Gasteiger partial charge in [0.2, 0.25) is 15.9 Å². The van der Waals surface area contributed by atoms with E-state index in [9.17, 15) is 13.2 Å². The number of hydrogen-bond acceptors (Lipinski definition) is 3. The summed E-state index contributed by atoms with van der Waals surface area (Å²) in [6.45, 7) is 8.05. The minimum absolute atomic E-state index is 0.0605. The van der Waals surface area contributed by atoms with Crippen molar-refractivity contribution < 1.29 is 13.2 Å². The molecule has 2 rings (SSSR count). The summed E-state index contributed by atoms with van der Waals surface area (Å²) in [5, 5.41) is 2.88. The van der Waals surface area contributed by atoms with E-state index in [-0.39, 0.29) is 23.9 Å². The van der Waals surface area contributed by atoms with Gasteiger partial charge in [-0.25, -0.2) is 8.42 Å². The lowest BCUT2D eigenvalue weighted by Gasteiger charge is -2.24. The van der Waals surface area contributed by atoms with Crippen LogP contribution in [0.5, 0.6) is 0 Å². The Balaban J connectivity index is 2.12. The number of carbonyl (C=O) groups excluding carboxylic acids is 1. The highest BCUT2D eigenvalue weighted by atomic mass is 79.9. The maximum Gasteiger partial charge on any atom is 0.241 e. The van der Waals surface area contributed by atoms with E-state index in [0.717, 1.165) is 20.6 Å². The smallest absolute Gasteiger partial charge is 0.241 e. The van der Waals surface area contributed by atoms with Gasteiger partial charge in [0.25, 0.3) is 0 Å². The summed E-state index contributed by atoms with van der Waals surface area (Å²) in [4.78, 5) is 12.5. The van der Waals surface area contributed by atoms with Crippen molar-refractivity contribution in [2.75, 3.05) is 17.1 Å². The zero-order valence-electron chi connectivity index (χ0n) is 16.9. The molecule has 1 amide bonds. The second kappa shape index (κ2) is 8.66. The highest BCUT2D eigenvalue weighted by molar-refractivity contribution is 9.10. The van der Waals surface area contributed by atoms with Crippen LogP contribution in [0.15, 0.2) is 53.0 Å². The number of amides is 1. The van der Waals surface area contributed by atoms with E-state index in [0.29, 0.717) is 5.69 Å². The second-order valence-corrected chi connectivity index (χ2v) is 10.7. The van der Waals surface area contributed by atoms with Crippen LogP contribution in [0.3, 0.4) is 0 Å². The van der Waals surface area contributed by atoms with Crippen molar-refractivity contribution in [1.29, 1.82) is 0 Å². The third-order valence-corrected chi connectivity index (χ3v) is 6.07. The first-order chi connectivity index (χ1) is 12.9. The van der Waals surface area contributed by atoms with Crippen molar-refractivity contribution in [3.8, 4) is 0 Å². The Morgan fingerprint density at radius 1 is 1.14 bits per heavy atom. The Morgan fingerprint density at radius 2 is 1.75 bits per heavy atom. The molecule has 0 heterocycles. The molecule has 0 aliphatic heterocycles. The molecule has 1 atom stereocenters. The first kappa shape index (κ1) is 22.4. The molecule has 1 N–H and O–H groups in total. The fourth-order valence-electron chi connectivity index (χ4n) is 2.80. The van der Waals surface area contributed by atoms with Crippen LogP contribution in [0.25, 0.3) is 0 Å². The molecule has 0 saturated heterocycles. The number of nitrogens with one attached hydrogen (secondary N) is 1. The van der Waals surface area contributed by atoms with Crippen molar-refractivity contribution in [3.05, 3.63) is 64.1 Å². The largest absolute Gasteiger partial charge is 0.348 e. The van der Waals surface area contributed by atoms with Gasteiger partial charge in [-0.2, -0.15) is 0 Å². The van der Waals surface area contributed by atoms with Crippen LogP contribution in [0, 0.1) is 0 Å². The van der Waals surface area contributed by atoms with Crippen LogP contribution in [0.4, 0.5) is 5.69 Å². The standard InChI is InChI=1S/C21H27BrN2O3S/c1-15(16-9-11-17(12-10-16)21(2,3)4)23-20(25)14-24(28(5,26)27)19-8-6-7-18(22)13-19/h6-13,15H,14H2,1-5H3,(H,23,25)/t15-/m1/s1. The van der Waals surface area contributed by atoms with E-state index >= 15 is 0 Å². The maximum atomic E-state index is 12.5. The van der Waals surface area contributed by atoms with Gasteiger partial charge in [-0.05, 0) is 41.7 Å². The van der Waals surface area contributed by atoms with Crippen LogP contribution in [-0.2, 0) is 20.2 Å². The summed E-state index contributed by atoms with van der Waals surface area (Å²) in [6, 6.07) is 14.7. The Kier molecular flexibility index (Phi) is 6.93. The minimum Gasteiger partial charge on any atom is -0.348 e. The second-order valence-electron chi connectivity index (χ2n) is 7.91. The van der Waals surface area contributed by atoms with Crippen molar-refractivity contribution >= 4 is 37.5 Å². The van der Waals surface area contributed by atoms with E-state index in [4.69, 9.17) is 0 Å². The number of anilines is 1. The number of sulfonamides is 1. The van der Waals surface area contributed by atoms with Gasteiger partial charge in [0.15, 0.2) is 0 Å². The van der Waals surface area contributed by atoms with Crippen molar-refractivity contribution in [2.24, 2.45) is 0 Å². The van der Waals surface area contributed by atoms with E-state index in [1.54, 1.807) is 24.3 Å². The van der Waals surface area contributed by atoms with E-state index < -0.39 is 10.0 Å². The zero-order valence-corrected chi connectivity index (χ0v) is 19.3. The normalized spacial score (nSPS) is 13.1. The van der Waals surface area contributed by atoms with Gasteiger partial charge < -0.3 is 5.32 Å². The molecule has 0 aliphatic rings. The average molecular weight is 467 g/mol. The number of carbonyl (C=O) groups is 1. The molecule has 2 aromatic rings. The van der Waals surface area contributed by atoms with Gasteiger partial charge in [-0.1, -0.05) is 67.0 Å². The molecule has 0 bridgehead atoms. The molecule has 0 radical (unpaired) electrons. The molecule has 0 unspecified atom stereocenters. The van der Waals surface area contributed by atoms with Gasteiger partial charge in [-0.15, -0.1) is 0 Å². The quantitative estimate of drug-likeness (QED) is 0.686. The first-order valence-electron chi connectivity index (χ1n) is 9.01. The predicted octanol–water partition coefficient (Wildman–Crippen LogP) is 4.39.